The van der Waals surface area contributed by atoms with Crippen molar-refractivity contribution in [2.75, 3.05) is 19.6 Å². The third kappa shape index (κ3) is 4.58. The van der Waals surface area contributed by atoms with Gasteiger partial charge in [0.1, 0.15) is 6.04 Å². The fourth-order valence-electron chi connectivity index (χ4n) is 3.78. The number of rotatable bonds is 7. The number of carbonyl (C=O) groups excluding carboxylic acids is 2. The molecule has 28 heavy (non-hydrogen) atoms. The van der Waals surface area contributed by atoms with E-state index in [1.165, 1.54) is 0 Å². The zero-order chi connectivity index (χ0) is 19.9. The van der Waals surface area contributed by atoms with Crippen LogP contribution in [0, 0.1) is 0 Å². The number of hydrogen-bond donors (Lipinski definition) is 0. The molecule has 2 aromatic rings. The number of nitrogens with zero attached hydrogens (tertiary/aromatic N) is 3. The van der Waals surface area contributed by atoms with Crippen LogP contribution in [0.2, 0.25) is 0 Å². The Morgan fingerprint density at radius 1 is 1.00 bits per heavy atom. The first-order chi connectivity index (χ1) is 13.6. The molecule has 0 saturated carbocycles. The average molecular weight is 380 g/mol. The summed E-state index contributed by atoms with van der Waals surface area (Å²) in [7, 11) is 0. The van der Waals surface area contributed by atoms with Gasteiger partial charge >= 0.3 is 0 Å². The zero-order valence-electron chi connectivity index (χ0n) is 16.8. The number of aromatic nitrogens is 1. The van der Waals surface area contributed by atoms with Gasteiger partial charge in [-0.25, -0.2) is 0 Å². The van der Waals surface area contributed by atoms with Gasteiger partial charge in [0.05, 0.1) is 0 Å². The smallest absolute Gasteiger partial charge is 0.245 e. The van der Waals surface area contributed by atoms with E-state index in [-0.39, 0.29) is 11.8 Å². The highest BCUT2D eigenvalue weighted by Crippen LogP contribution is 2.22. The molecule has 5 heteroatoms. The van der Waals surface area contributed by atoms with Gasteiger partial charge in [0.2, 0.25) is 11.8 Å². The largest absolute Gasteiger partial charge is 0.339 e. The molecule has 1 fully saturated rings. The summed E-state index contributed by atoms with van der Waals surface area (Å²) in [5.74, 6) is 0.168. The number of carbonyl (C=O) groups is 2. The molecule has 0 radical (unpaired) electrons. The van der Waals surface area contributed by atoms with E-state index in [2.05, 4.69) is 36.2 Å². The highest BCUT2D eigenvalue weighted by Gasteiger charge is 2.36. The fourth-order valence-corrected chi connectivity index (χ4v) is 3.78. The maximum Gasteiger partial charge on any atom is 0.245 e. The van der Waals surface area contributed by atoms with E-state index in [4.69, 9.17) is 0 Å². The first kappa shape index (κ1) is 20.1. The third-order valence-corrected chi connectivity index (χ3v) is 5.26. The minimum absolute atomic E-state index is 0.0794. The van der Waals surface area contributed by atoms with Crippen LogP contribution in [-0.2, 0) is 16.0 Å². The molecule has 0 unspecified atom stereocenters. The van der Waals surface area contributed by atoms with E-state index >= 15 is 0 Å². The molecule has 2 heterocycles. The van der Waals surface area contributed by atoms with Gasteiger partial charge in [0, 0.05) is 44.9 Å². The summed E-state index contributed by atoms with van der Waals surface area (Å²) in [5.41, 5.74) is 3.31. The van der Waals surface area contributed by atoms with Gasteiger partial charge in [0.25, 0.3) is 0 Å². The van der Waals surface area contributed by atoms with E-state index in [1.807, 2.05) is 24.0 Å². The van der Waals surface area contributed by atoms with Gasteiger partial charge in [-0.2, -0.15) is 0 Å². The summed E-state index contributed by atoms with van der Waals surface area (Å²) in [4.78, 5) is 33.4. The van der Waals surface area contributed by atoms with E-state index in [1.54, 1.807) is 17.3 Å². The molecule has 1 aromatic heterocycles. The van der Waals surface area contributed by atoms with Gasteiger partial charge in [0.15, 0.2) is 0 Å². The molecule has 1 aliphatic rings. The second-order valence-corrected chi connectivity index (χ2v) is 7.32. The quantitative estimate of drug-likeness (QED) is 0.739. The van der Waals surface area contributed by atoms with Crippen molar-refractivity contribution in [3.63, 3.8) is 0 Å². The molecular weight excluding hydrogens is 350 g/mol. The molecule has 1 aromatic carbocycles. The number of benzene rings is 1. The average Bonchev–Trinajstić information content (AvgIpc) is 2.72. The second-order valence-electron chi connectivity index (χ2n) is 7.32. The molecule has 1 atom stereocenters. The molecule has 1 aliphatic heterocycles. The molecule has 0 N–H and O–H groups in total. The van der Waals surface area contributed by atoms with Crippen LogP contribution >= 0.6 is 0 Å². The molecule has 0 spiro atoms. The Bertz CT molecular complexity index is 789. The molecule has 0 bridgehead atoms. The number of piperazine rings is 1. The Kier molecular flexibility index (Phi) is 6.80. The van der Waals surface area contributed by atoms with E-state index in [0.717, 1.165) is 36.1 Å². The minimum atomic E-state index is -0.397. The van der Waals surface area contributed by atoms with Crippen molar-refractivity contribution in [1.29, 1.82) is 0 Å². The molecule has 148 valence electrons. The predicted molar refractivity (Wildman–Crippen MR) is 111 cm³/mol. The van der Waals surface area contributed by atoms with Crippen LogP contribution in [-0.4, -0.2) is 52.3 Å². The maximum atomic E-state index is 13.1. The van der Waals surface area contributed by atoms with Crippen molar-refractivity contribution in [3.8, 4) is 11.1 Å². The van der Waals surface area contributed by atoms with E-state index < -0.39 is 6.04 Å². The summed E-state index contributed by atoms with van der Waals surface area (Å²) < 4.78 is 0. The van der Waals surface area contributed by atoms with Gasteiger partial charge in [-0.05, 0) is 41.7 Å². The Labute approximate surface area is 167 Å². The predicted octanol–water partition coefficient (Wildman–Crippen LogP) is 3.54. The van der Waals surface area contributed by atoms with Crippen LogP contribution in [0.4, 0.5) is 0 Å². The first-order valence-corrected chi connectivity index (χ1v) is 10.2. The highest BCUT2D eigenvalue weighted by molar-refractivity contribution is 5.89. The molecule has 3 rings (SSSR count). The molecule has 5 nitrogen and oxygen atoms in total. The van der Waals surface area contributed by atoms with Crippen molar-refractivity contribution < 1.29 is 9.59 Å². The maximum absolute atomic E-state index is 13.1. The van der Waals surface area contributed by atoms with Crippen LogP contribution < -0.4 is 0 Å². The minimum Gasteiger partial charge on any atom is -0.339 e. The van der Waals surface area contributed by atoms with Crippen molar-refractivity contribution in [2.45, 2.75) is 45.6 Å². The standard InChI is InChI=1S/C23H29N3O2/c1-3-5-22(27)26-16-15-25(14-4-2)23(28)21(26)17-18-6-8-19(9-7-18)20-10-12-24-13-11-20/h6-13,21H,3-5,14-17H2,1-2H3/t21-/m1/s1. The van der Waals surface area contributed by atoms with E-state index in [0.29, 0.717) is 25.9 Å². The van der Waals surface area contributed by atoms with Crippen molar-refractivity contribution in [2.24, 2.45) is 0 Å². The molecule has 1 saturated heterocycles. The first-order valence-electron chi connectivity index (χ1n) is 10.2. The van der Waals surface area contributed by atoms with Gasteiger partial charge < -0.3 is 9.80 Å². The summed E-state index contributed by atoms with van der Waals surface area (Å²) in [5, 5.41) is 0. The fraction of sp³-hybridized carbons (Fsp3) is 0.435. The topological polar surface area (TPSA) is 53.5 Å². The number of pyridine rings is 1. The Morgan fingerprint density at radius 3 is 2.32 bits per heavy atom. The monoisotopic (exact) mass is 379 g/mol. The molecular formula is C23H29N3O2. The Balaban J connectivity index is 1.79. The van der Waals surface area contributed by atoms with Crippen molar-refractivity contribution >= 4 is 11.8 Å². The Hall–Kier alpha value is -2.69. The third-order valence-electron chi connectivity index (χ3n) is 5.26. The van der Waals surface area contributed by atoms with Gasteiger partial charge in [-0.15, -0.1) is 0 Å². The van der Waals surface area contributed by atoms with Crippen LogP contribution in [0.1, 0.15) is 38.7 Å². The lowest BCUT2D eigenvalue weighted by atomic mass is 9.98. The summed E-state index contributed by atoms with van der Waals surface area (Å²) >= 11 is 0. The van der Waals surface area contributed by atoms with E-state index in [9.17, 15) is 9.59 Å². The SMILES string of the molecule is CCCC(=O)N1CCN(CCC)C(=O)[C@H]1Cc1ccc(-c2ccncc2)cc1. The summed E-state index contributed by atoms with van der Waals surface area (Å²) in [6, 6.07) is 11.8. The zero-order valence-corrected chi connectivity index (χ0v) is 16.8. The lowest BCUT2D eigenvalue weighted by Gasteiger charge is -2.41. The lowest BCUT2D eigenvalue weighted by Crippen LogP contribution is -2.59. The van der Waals surface area contributed by atoms with Crippen LogP contribution in [0.3, 0.4) is 0 Å². The van der Waals surface area contributed by atoms with Crippen LogP contribution in [0.15, 0.2) is 48.8 Å². The summed E-state index contributed by atoms with van der Waals surface area (Å²) in [6.45, 7) is 6.10. The molecule has 0 aliphatic carbocycles. The van der Waals surface area contributed by atoms with Crippen LogP contribution in [0.5, 0.6) is 0 Å². The normalized spacial score (nSPS) is 17.1. The highest BCUT2D eigenvalue weighted by atomic mass is 16.2. The Morgan fingerprint density at radius 2 is 1.68 bits per heavy atom. The number of amides is 2. The number of hydrogen-bond acceptors (Lipinski definition) is 3. The van der Waals surface area contributed by atoms with Crippen molar-refractivity contribution in [3.05, 3.63) is 54.4 Å². The summed E-state index contributed by atoms with van der Waals surface area (Å²) in [6.07, 6.45) is 6.36. The van der Waals surface area contributed by atoms with Gasteiger partial charge in [-0.3, -0.25) is 14.6 Å². The van der Waals surface area contributed by atoms with Gasteiger partial charge in [-0.1, -0.05) is 38.1 Å². The second kappa shape index (κ2) is 9.49. The lowest BCUT2D eigenvalue weighted by molar-refractivity contribution is -0.151. The van der Waals surface area contributed by atoms with Crippen LogP contribution in [0.25, 0.3) is 11.1 Å². The molecule has 2 amide bonds. The van der Waals surface area contributed by atoms with Crippen molar-refractivity contribution in [1.82, 2.24) is 14.8 Å².